The number of carbonyl (C=O) groups is 1. The molecule has 0 aromatic heterocycles. The number of rotatable bonds is 4. The van der Waals surface area contributed by atoms with Gasteiger partial charge in [0.2, 0.25) is 5.91 Å². The molecular formula is C18H17F3N2O3. The predicted octanol–water partition coefficient (Wildman–Crippen LogP) is 3.14. The number of hydrogen-bond donors (Lipinski definition) is 1. The Kier molecular flexibility index (Phi) is 4.53. The van der Waals surface area contributed by atoms with E-state index in [2.05, 4.69) is 0 Å². The van der Waals surface area contributed by atoms with Crippen LogP contribution in [0, 0.1) is 0 Å². The van der Waals surface area contributed by atoms with Crippen LogP contribution in [0.4, 0.5) is 18.9 Å². The van der Waals surface area contributed by atoms with Crippen molar-refractivity contribution in [1.29, 1.82) is 0 Å². The second-order valence-corrected chi connectivity index (χ2v) is 5.84. The molecule has 0 saturated carbocycles. The van der Waals surface area contributed by atoms with Crippen molar-refractivity contribution in [1.82, 2.24) is 0 Å². The molecule has 1 heterocycles. The summed E-state index contributed by atoms with van der Waals surface area (Å²) in [4.78, 5) is 13.5. The lowest BCUT2D eigenvalue weighted by atomic mass is 9.88. The lowest BCUT2D eigenvalue weighted by Gasteiger charge is -2.45. The summed E-state index contributed by atoms with van der Waals surface area (Å²) >= 11 is 0. The minimum absolute atomic E-state index is 0.145. The molecular weight excluding hydrogens is 349 g/mol. The number of nitrogens with zero attached hydrogens (tertiary/aromatic N) is 1. The predicted molar refractivity (Wildman–Crippen MR) is 89.2 cm³/mol. The Balaban J connectivity index is 1.99. The minimum Gasteiger partial charge on any atom is -0.493 e. The van der Waals surface area contributed by atoms with Crippen LogP contribution in [-0.4, -0.2) is 26.2 Å². The van der Waals surface area contributed by atoms with Gasteiger partial charge >= 0.3 is 6.18 Å². The fourth-order valence-electron chi connectivity index (χ4n) is 3.02. The number of nitrogens with two attached hydrogens (primary N) is 1. The Hall–Kier alpha value is -2.74. The summed E-state index contributed by atoms with van der Waals surface area (Å²) in [5.41, 5.74) is 5.89. The molecule has 3 rings (SSSR count). The Morgan fingerprint density at radius 1 is 1.04 bits per heavy atom. The van der Waals surface area contributed by atoms with Crippen LogP contribution >= 0.6 is 0 Å². The van der Waals surface area contributed by atoms with E-state index in [1.165, 1.54) is 31.3 Å². The van der Waals surface area contributed by atoms with Gasteiger partial charge in [-0.2, -0.15) is 13.2 Å². The Bertz CT molecular complexity index is 839. The fourth-order valence-corrected chi connectivity index (χ4v) is 3.02. The lowest BCUT2D eigenvalue weighted by molar-refractivity contribution is -0.137. The molecule has 0 unspecified atom stereocenters. The van der Waals surface area contributed by atoms with Gasteiger partial charge < -0.3 is 20.1 Å². The average molecular weight is 366 g/mol. The molecule has 1 amide bonds. The van der Waals surface area contributed by atoms with Gasteiger partial charge in [0, 0.05) is 5.69 Å². The topological polar surface area (TPSA) is 64.8 Å². The number of anilines is 1. The largest absolute Gasteiger partial charge is 0.493 e. The molecule has 1 saturated heterocycles. The summed E-state index contributed by atoms with van der Waals surface area (Å²) in [6.45, 7) is 0. The first-order valence-electron chi connectivity index (χ1n) is 7.75. The van der Waals surface area contributed by atoms with Crippen LogP contribution in [-0.2, 0) is 11.0 Å². The van der Waals surface area contributed by atoms with Gasteiger partial charge in [0.25, 0.3) is 0 Å². The van der Waals surface area contributed by atoms with E-state index >= 15 is 0 Å². The third kappa shape index (κ3) is 2.96. The standard InChI is InChI=1S/C18H17F3N2O3/c1-25-13-7-6-10(8-14(13)26-2)16-15(22)17(24)23(16)12-5-3-4-11(9-12)18(19,20)21/h3-9,15-16H,22H2,1-2H3/t15-,16-/m0/s1. The first-order chi connectivity index (χ1) is 12.3. The minimum atomic E-state index is -4.50. The number of alkyl halides is 3. The summed E-state index contributed by atoms with van der Waals surface area (Å²) in [5, 5.41) is 0. The highest BCUT2D eigenvalue weighted by molar-refractivity contribution is 6.05. The Labute approximate surface area is 148 Å². The van der Waals surface area contributed by atoms with Gasteiger partial charge in [-0.25, -0.2) is 0 Å². The van der Waals surface area contributed by atoms with E-state index in [4.69, 9.17) is 15.2 Å². The van der Waals surface area contributed by atoms with Gasteiger partial charge in [0.15, 0.2) is 11.5 Å². The van der Waals surface area contributed by atoms with Gasteiger partial charge in [-0.15, -0.1) is 0 Å². The molecule has 0 aliphatic carbocycles. The molecule has 8 heteroatoms. The van der Waals surface area contributed by atoms with Crippen LogP contribution in [0.2, 0.25) is 0 Å². The SMILES string of the molecule is COc1ccc([C@H]2[C@H](N)C(=O)N2c2cccc(C(F)(F)F)c2)cc1OC. The van der Waals surface area contributed by atoms with Crippen molar-refractivity contribution in [3.63, 3.8) is 0 Å². The van der Waals surface area contributed by atoms with Crippen molar-refractivity contribution < 1.29 is 27.4 Å². The molecule has 26 heavy (non-hydrogen) atoms. The number of benzene rings is 2. The fraction of sp³-hybridized carbons (Fsp3) is 0.278. The molecule has 1 fully saturated rings. The van der Waals surface area contributed by atoms with Crippen molar-refractivity contribution in [3.05, 3.63) is 53.6 Å². The van der Waals surface area contributed by atoms with Gasteiger partial charge in [0.1, 0.15) is 6.04 Å². The van der Waals surface area contributed by atoms with Gasteiger partial charge in [0.05, 0.1) is 25.8 Å². The Morgan fingerprint density at radius 3 is 2.35 bits per heavy atom. The van der Waals surface area contributed by atoms with Crippen molar-refractivity contribution >= 4 is 11.6 Å². The van der Waals surface area contributed by atoms with Gasteiger partial charge in [-0.1, -0.05) is 12.1 Å². The smallest absolute Gasteiger partial charge is 0.416 e. The maximum Gasteiger partial charge on any atom is 0.416 e. The van der Waals surface area contributed by atoms with Crippen molar-refractivity contribution in [3.8, 4) is 11.5 Å². The van der Waals surface area contributed by atoms with Crippen molar-refractivity contribution in [2.24, 2.45) is 5.73 Å². The molecule has 0 radical (unpaired) electrons. The number of amides is 1. The average Bonchev–Trinajstić information content (AvgIpc) is 2.64. The summed E-state index contributed by atoms with van der Waals surface area (Å²) in [5.74, 6) is 0.505. The molecule has 2 atom stereocenters. The molecule has 1 aliphatic heterocycles. The summed E-state index contributed by atoms with van der Waals surface area (Å²) in [6, 6.07) is 8.21. The molecule has 2 aromatic rings. The molecule has 2 N–H and O–H groups in total. The van der Waals surface area contributed by atoms with Crippen LogP contribution in [0.15, 0.2) is 42.5 Å². The summed E-state index contributed by atoms with van der Waals surface area (Å²) in [7, 11) is 2.96. The molecule has 5 nitrogen and oxygen atoms in total. The van der Waals surface area contributed by atoms with E-state index in [1.54, 1.807) is 18.2 Å². The molecule has 0 bridgehead atoms. The zero-order chi connectivity index (χ0) is 19.1. The van der Waals surface area contributed by atoms with Crippen LogP contribution in [0.1, 0.15) is 17.2 Å². The van der Waals surface area contributed by atoms with Crippen LogP contribution in [0.5, 0.6) is 11.5 Å². The van der Waals surface area contributed by atoms with E-state index in [0.29, 0.717) is 17.1 Å². The third-order valence-electron chi connectivity index (χ3n) is 4.34. The highest BCUT2D eigenvalue weighted by Crippen LogP contribution is 2.42. The number of β-lactam (4-membered cyclic amide) rings is 1. The maximum absolute atomic E-state index is 13.0. The second kappa shape index (κ2) is 6.53. The van der Waals surface area contributed by atoms with Gasteiger partial charge in [-0.05, 0) is 35.9 Å². The van der Waals surface area contributed by atoms with Crippen LogP contribution in [0.3, 0.4) is 0 Å². The van der Waals surface area contributed by atoms with Crippen LogP contribution in [0.25, 0.3) is 0 Å². The zero-order valence-corrected chi connectivity index (χ0v) is 14.1. The first-order valence-corrected chi connectivity index (χ1v) is 7.75. The van der Waals surface area contributed by atoms with E-state index in [1.807, 2.05) is 0 Å². The number of methoxy groups -OCH3 is 2. The van der Waals surface area contributed by atoms with Gasteiger partial charge in [-0.3, -0.25) is 4.79 Å². The molecule has 1 aliphatic rings. The quantitative estimate of drug-likeness (QED) is 0.845. The van der Waals surface area contributed by atoms with E-state index in [0.717, 1.165) is 12.1 Å². The summed E-state index contributed by atoms with van der Waals surface area (Å²) in [6.07, 6.45) is -4.50. The first kappa shape index (κ1) is 18.1. The van der Waals surface area contributed by atoms with Crippen LogP contribution < -0.4 is 20.1 Å². The number of hydrogen-bond acceptors (Lipinski definition) is 4. The zero-order valence-electron chi connectivity index (χ0n) is 14.1. The van der Waals surface area contributed by atoms with E-state index in [-0.39, 0.29) is 5.69 Å². The Morgan fingerprint density at radius 2 is 1.73 bits per heavy atom. The van der Waals surface area contributed by atoms with E-state index in [9.17, 15) is 18.0 Å². The maximum atomic E-state index is 13.0. The highest BCUT2D eigenvalue weighted by Gasteiger charge is 2.47. The van der Waals surface area contributed by atoms with E-state index < -0.39 is 29.7 Å². The molecule has 0 spiro atoms. The monoisotopic (exact) mass is 366 g/mol. The number of carbonyl (C=O) groups excluding carboxylic acids is 1. The molecule has 138 valence electrons. The highest BCUT2D eigenvalue weighted by atomic mass is 19.4. The van der Waals surface area contributed by atoms with Crippen molar-refractivity contribution in [2.75, 3.05) is 19.1 Å². The number of halogens is 3. The lowest BCUT2D eigenvalue weighted by Crippen LogP contribution is -2.63. The molecule has 2 aromatic carbocycles. The number of ether oxygens (including phenoxy) is 2. The second-order valence-electron chi connectivity index (χ2n) is 5.84. The normalized spacial score (nSPS) is 19.9. The van der Waals surface area contributed by atoms with Crippen molar-refractivity contribution in [2.45, 2.75) is 18.3 Å². The third-order valence-corrected chi connectivity index (χ3v) is 4.34. The summed E-state index contributed by atoms with van der Waals surface area (Å²) < 4.78 is 49.3.